The normalized spacial score (nSPS) is 14.7. The van der Waals surface area contributed by atoms with Gasteiger partial charge in [-0.3, -0.25) is 4.79 Å². The molecule has 1 aromatic heterocycles. The van der Waals surface area contributed by atoms with E-state index in [0.717, 1.165) is 28.5 Å². The summed E-state index contributed by atoms with van der Waals surface area (Å²) in [6.07, 6.45) is 1.17. The lowest BCUT2D eigenvalue weighted by Gasteiger charge is -2.34. The first-order chi connectivity index (χ1) is 16.1. The van der Waals surface area contributed by atoms with Crippen LogP contribution in [0.1, 0.15) is 29.9 Å². The van der Waals surface area contributed by atoms with Gasteiger partial charge in [0.25, 0.3) is 5.19 Å². The van der Waals surface area contributed by atoms with E-state index in [1.807, 2.05) is 65.6 Å². The molecule has 0 radical (unpaired) electrons. The fourth-order valence-corrected chi connectivity index (χ4v) is 5.20. The minimum Gasteiger partial charge on any atom is -0.467 e. The van der Waals surface area contributed by atoms with E-state index in [1.165, 1.54) is 6.07 Å². The van der Waals surface area contributed by atoms with Gasteiger partial charge in [0.05, 0.1) is 10.6 Å². The highest BCUT2D eigenvalue weighted by Crippen LogP contribution is 2.33. The van der Waals surface area contributed by atoms with E-state index in [2.05, 4.69) is 4.98 Å². The summed E-state index contributed by atoms with van der Waals surface area (Å²) in [7, 11) is 0. The van der Waals surface area contributed by atoms with E-state index in [0.29, 0.717) is 35.8 Å². The summed E-state index contributed by atoms with van der Waals surface area (Å²) in [5.41, 5.74) is 2.06. The van der Waals surface area contributed by atoms with Gasteiger partial charge in [0.1, 0.15) is 17.4 Å². The molecule has 0 unspecified atom stereocenters. The number of thiazole rings is 1. The lowest BCUT2D eigenvalue weighted by molar-refractivity contribution is -0.133. The van der Waals surface area contributed by atoms with Crippen molar-refractivity contribution >= 4 is 27.5 Å². The molecule has 0 aliphatic carbocycles. The van der Waals surface area contributed by atoms with Crippen LogP contribution >= 0.6 is 11.3 Å². The third-order valence-corrected chi connectivity index (χ3v) is 6.82. The molecule has 1 aliphatic rings. The lowest BCUT2D eigenvalue weighted by atomic mass is 9.89. The highest BCUT2D eigenvalue weighted by atomic mass is 32.1. The van der Waals surface area contributed by atoms with Gasteiger partial charge in [-0.1, -0.05) is 72.0 Å². The van der Waals surface area contributed by atoms with Crippen LogP contribution in [0.4, 0.5) is 8.78 Å². The second-order valence-corrected chi connectivity index (χ2v) is 9.10. The number of amides is 1. The van der Waals surface area contributed by atoms with Crippen LogP contribution in [0.3, 0.4) is 0 Å². The molecule has 168 valence electrons. The van der Waals surface area contributed by atoms with Gasteiger partial charge in [0.15, 0.2) is 5.82 Å². The molecular formula is C26H22F2N2O2S. The summed E-state index contributed by atoms with van der Waals surface area (Å²) in [6.45, 7) is 1.13. The number of piperidine rings is 1. The predicted molar refractivity (Wildman–Crippen MR) is 124 cm³/mol. The maximum absolute atomic E-state index is 13.9. The predicted octanol–water partition coefficient (Wildman–Crippen LogP) is 5.78. The number of likely N-dealkylation sites (tertiary alicyclic amines) is 1. The smallest absolute Gasteiger partial charge is 0.274 e. The minimum atomic E-state index is -0.690. The average Bonchev–Trinajstić information content (AvgIpc) is 3.24. The molecular weight excluding hydrogens is 442 g/mol. The maximum atomic E-state index is 13.9. The Bertz CT molecular complexity index is 1220. The van der Waals surface area contributed by atoms with Gasteiger partial charge < -0.3 is 9.64 Å². The molecule has 4 aromatic rings. The van der Waals surface area contributed by atoms with Gasteiger partial charge in [0.2, 0.25) is 5.91 Å². The number of ether oxygens (including phenoxy) is 1. The Morgan fingerprint density at radius 3 is 2.18 bits per heavy atom. The summed E-state index contributed by atoms with van der Waals surface area (Å²) in [5, 5.41) is 0.325. The summed E-state index contributed by atoms with van der Waals surface area (Å²) in [5.74, 6) is -1.60. The minimum absolute atomic E-state index is 0.0726. The number of carbonyl (C=O) groups excluding carboxylic acids is 1. The standard InChI is InChI=1S/C26H22F2N2O2S/c27-19-15-21(28)24-22(16-19)33-26(29-24)32-20-11-13-30(14-12-20)25(31)23(17-7-3-1-4-8-17)18-9-5-2-6-10-18/h1-10,15-16,20,23H,11-14H2. The third kappa shape index (κ3) is 4.59. The Hall–Kier alpha value is -3.32. The zero-order valence-electron chi connectivity index (χ0n) is 17.8. The molecule has 1 amide bonds. The zero-order valence-corrected chi connectivity index (χ0v) is 18.6. The van der Waals surface area contributed by atoms with Crippen LogP contribution in [0.15, 0.2) is 72.8 Å². The van der Waals surface area contributed by atoms with Gasteiger partial charge >= 0.3 is 0 Å². The molecule has 0 N–H and O–H groups in total. The maximum Gasteiger partial charge on any atom is 0.274 e. The van der Waals surface area contributed by atoms with Crippen LogP contribution in [-0.4, -0.2) is 35.0 Å². The van der Waals surface area contributed by atoms with Crippen molar-refractivity contribution in [2.45, 2.75) is 24.9 Å². The van der Waals surface area contributed by atoms with E-state index in [-0.39, 0.29) is 23.4 Å². The molecule has 1 aliphatic heterocycles. The van der Waals surface area contributed by atoms with E-state index in [4.69, 9.17) is 4.74 Å². The Balaban J connectivity index is 1.28. The molecule has 7 heteroatoms. The van der Waals surface area contributed by atoms with Crippen molar-refractivity contribution in [1.82, 2.24) is 9.88 Å². The number of carbonyl (C=O) groups is 1. The molecule has 0 saturated carbocycles. The van der Waals surface area contributed by atoms with Crippen molar-refractivity contribution < 1.29 is 18.3 Å². The first kappa shape index (κ1) is 21.5. The molecule has 33 heavy (non-hydrogen) atoms. The number of hydrogen-bond acceptors (Lipinski definition) is 4. The van der Waals surface area contributed by atoms with Crippen LogP contribution < -0.4 is 4.74 Å². The second-order valence-electron chi connectivity index (χ2n) is 8.11. The first-order valence-electron chi connectivity index (χ1n) is 10.9. The topological polar surface area (TPSA) is 42.4 Å². The largest absolute Gasteiger partial charge is 0.467 e. The molecule has 2 heterocycles. The van der Waals surface area contributed by atoms with Crippen LogP contribution in [0, 0.1) is 11.6 Å². The Labute approximate surface area is 194 Å². The number of nitrogens with zero attached hydrogens (tertiary/aromatic N) is 2. The van der Waals surface area contributed by atoms with Crippen molar-refractivity contribution in [3.8, 4) is 5.19 Å². The third-order valence-electron chi connectivity index (χ3n) is 5.93. The Morgan fingerprint density at radius 1 is 0.970 bits per heavy atom. The highest BCUT2D eigenvalue weighted by molar-refractivity contribution is 7.20. The SMILES string of the molecule is O=C(C(c1ccccc1)c1ccccc1)N1CCC(Oc2nc3c(F)cc(F)cc3s2)CC1. The molecule has 0 spiro atoms. The molecule has 0 bridgehead atoms. The van der Waals surface area contributed by atoms with Crippen molar-refractivity contribution in [3.63, 3.8) is 0 Å². The van der Waals surface area contributed by atoms with Crippen molar-refractivity contribution in [2.75, 3.05) is 13.1 Å². The first-order valence-corrected chi connectivity index (χ1v) is 11.7. The van der Waals surface area contributed by atoms with Gasteiger partial charge in [-0.05, 0) is 17.2 Å². The van der Waals surface area contributed by atoms with Gasteiger partial charge in [-0.15, -0.1) is 0 Å². The number of aromatic nitrogens is 1. The zero-order chi connectivity index (χ0) is 22.8. The Kier molecular flexibility index (Phi) is 6.05. The van der Waals surface area contributed by atoms with Crippen molar-refractivity contribution in [1.29, 1.82) is 0 Å². The fraction of sp³-hybridized carbons (Fsp3) is 0.231. The molecule has 5 rings (SSSR count). The Morgan fingerprint density at radius 2 is 1.58 bits per heavy atom. The van der Waals surface area contributed by atoms with Crippen LogP contribution in [0.25, 0.3) is 10.2 Å². The number of benzene rings is 3. The van der Waals surface area contributed by atoms with Crippen molar-refractivity contribution in [2.24, 2.45) is 0 Å². The quantitative estimate of drug-likeness (QED) is 0.376. The fourth-order valence-electron chi connectivity index (χ4n) is 4.28. The van der Waals surface area contributed by atoms with Crippen LogP contribution in [0.5, 0.6) is 5.19 Å². The van der Waals surface area contributed by atoms with Crippen molar-refractivity contribution in [3.05, 3.63) is 95.6 Å². The summed E-state index contributed by atoms with van der Waals surface area (Å²) < 4.78 is 33.8. The summed E-state index contributed by atoms with van der Waals surface area (Å²) in [6, 6.07) is 21.7. The number of rotatable bonds is 5. The number of halogens is 2. The van der Waals surface area contributed by atoms with E-state index in [9.17, 15) is 13.6 Å². The highest BCUT2D eigenvalue weighted by Gasteiger charge is 2.31. The molecule has 4 nitrogen and oxygen atoms in total. The van der Waals surface area contributed by atoms with Gasteiger partial charge in [-0.25, -0.2) is 8.78 Å². The number of fused-ring (bicyclic) bond motifs is 1. The van der Waals surface area contributed by atoms with Gasteiger partial charge in [-0.2, -0.15) is 4.98 Å². The van der Waals surface area contributed by atoms with Crippen LogP contribution in [-0.2, 0) is 4.79 Å². The molecule has 3 aromatic carbocycles. The second kappa shape index (κ2) is 9.27. The van der Waals surface area contributed by atoms with E-state index in [1.54, 1.807) is 0 Å². The lowest BCUT2D eigenvalue weighted by Crippen LogP contribution is -2.44. The van der Waals surface area contributed by atoms with Gasteiger partial charge in [0, 0.05) is 32.0 Å². The molecule has 1 saturated heterocycles. The molecule has 1 fully saturated rings. The van der Waals surface area contributed by atoms with Crippen LogP contribution in [0.2, 0.25) is 0 Å². The van der Waals surface area contributed by atoms with E-state index >= 15 is 0 Å². The van der Waals surface area contributed by atoms with E-state index < -0.39 is 11.6 Å². The molecule has 0 atom stereocenters. The monoisotopic (exact) mass is 464 g/mol. The summed E-state index contributed by atoms with van der Waals surface area (Å²) in [4.78, 5) is 19.6. The summed E-state index contributed by atoms with van der Waals surface area (Å²) >= 11 is 1.13. The average molecular weight is 465 g/mol. The number of hydrogen-bond donors (Lipinski definition) is 0.